The van der Waals surface area contributed by atoms with Crippen LogP contribution in [0, 0.1) is 0 Å². The van der Waals surface area contributed by atoms with E-state index in [-0.39, 0.29) is 18.8 Å². The molecule has 0 bridgehead atoms. The summed E-state index contributed by atoms with van der Waals surface area (Å²) in [4.78, 5) is 22.1. The van der Waals surface area contributed by atoms with Crippen LogP contribution in [-0.2, 0) is 20.7 Å². The smallest absolute Gasteiger partial charge is 0.407 e. The number of rotatable bonds is 7. The Kier molecular flexibility index (Phi) is 6.86. The van der Waals surface area contributed by atoms with E-state index < -0.39 is 12.1 Å². The Bertz CT molecular complexity index is 488. The molecule has 7 heteroatoms. The van der Waals surface area contributed by atoms with Crippen molar-refractivity contribution in [3.05, 3.63) is 23.8 Å². The number of carbonyl (C=O) groups excluding carboxylic acids is 2. The van der Waals surface area contributed by atoms with Crippen molar-refractivity contribution in [3.8, 4) is 11.5 Å². The van der Waals surface area contributed by atoms with Crippen molar-refractivity contribution in [2.45, 2.75) is 12.8 Å². The first-order chi connectivity index (χ1) is 10.1. The summed E-state index contributed by atoms with van der Waals surface area (Å²) in [7, 11) is 2.74. The van der Waals surface area contributed by atoms with Gasteiger partial charge in [0.2, 0.25) is 0 Å². The van der Waals surface area contributed by atoms with Crippen LogP contribution in [0.25, 0.3) is 0 Å². The molecule has 2 N–H and O–H groups in total. The summed E-state index contributed by atoms with van der Waals surface area (Å²) in [5.74, 6) is 0.0172. The van der Waals surface area contributed by atoms with E-state index in [1.54, 1.807) is 12.1 Å². The minimum Gasteiger partial charge on any atom is -0.504 e. The molecule has 0 aromatic heterocycles. The maximum atomic E-state index is 11.3. The normalized spacial score (nSPS) is 9.81. The molecule has 7 nitrogen and oxygen atoms in total. The standard InChI is InChI=1S/C14H19NO6/c1-19-12-9-10(3-4-11(12)16)5-7-15-14(18)21-8-6-13(17)20-2/h3-4,9,16H,5-8H2,1-2H3,(H,15,18). The molecule has 1 aromatic rings. The zero-order chi connectivity index (χ0) is 15.7. The Morgan fingerprint density at radius 2 is 2.05 bits per heavy atom. The summed E-state index contributed by atoms with van der Waals surface area (Å²) < 4.78 is 14.2. The third-order valence-corrected chi connectivity index (χ3v) is 2.69. The van der Waals surface area contributed by atoms with Crippen LogP contribution in [0.15, 0.2) is 18.2 Å². The summed E-state index contributed by atoms with van der Waals surface area (Å²) in [6.45, 7) is 0.344. The maximum Gasteiger partial charge on any atom is 0.407 e. The zero-order valence-electron chi connectivity index (χ0n) is 12.0. The topological polar surface area (TPSA) is 94.1 Å². The van der Waals surface area contributed by atoms with Gasteiger partial charge in [-0.15, -0.1) is 0 Å². The second-order valence-electron chi connectivity index (χ2n) is 4.15. The van der Waals surface area contributed by atoms with Gasteiger partial charge in [0, 0.05) is 6.54 Å². The molecule has 0 atom stereocenters. The number of phenolic OH excluding ortho intramolecular Hbond substituents is 1. The summed E-state index contributed by atoms with van der Waals surface area (Å²) in [6, 6.07) is 4.96. The van der Waals surface area contributed by atoms with E-state index in [2.05, 4.69) is 10.1 Å². The highest BCUT2D eigenvalue weighted by molar-refractivity contribution is 5.70. The number of amides is 1. The number of hydrogen-bond acceptors (Lipinski definition) is 6. The number of ether oxygens (including phenoxy) is 3. The highest BCUT2D eigenvalue weighted by atomic mass is 16.6. The Hall–Kier alpha value is -2.44. The lowest BCUT2D eigenvalue weighted by molar-refractivity contribution is -0.141. The Balaban J connectivity index is 2.27. The number of benzene rings is 1. The molecular formula is C14H19NO6. The number of esters is 1. The summed E-state index contributed by atoms with van der Waals surface area (Å²) >= 11 is 0. The van der Waals surface area contributed by atoms with Crippen LogP contribution < -0.4 is 10.1 Å². The van der Waals surface area contributed by atoms with E-state index in [1.165, 1.54) is 20.3 Å². The van der Waals surface area contributed by atoms with Gasteiger partial charge in [-0.25, -0.2) is 4.79 Å². The molecule has 0 heterocycles. The molecule has 0 radical (unpaired) electrons. The van der Waals surface area contributed by atoms with Crippen LogP contribution in [0.2, 0.25) is 0 Å². The molecular weight excluding hydrogens is 278 g/mol. The summed E-state index contributed by atoms with van der Waals surface area (Å²) in [6.07, 6.45) is -0.00778. The SMILES string of the molecule is COC(=O)CCOC(=O)NCCc1ccc(O)c(OC)c1. The van der Waals surface area contributed by atoms with Gasteiger partial charge in [0.1, 0.15) is 6.61 Å². The number of nitrogens with one attached hydrogen (secondary N) is 1. The number of hydrogen-bond donors (Lipinski definition) is 2. The first kappa shape index (κ1) is 16.6. The van der Waals surface area contributed by atoms with Gasteiger partial charge in [-0.1, -0.05) is 6.07 Å². The lowest BCUT2D eigenvalue weighted by atomic mass is 10.1. The molecule has 116 valence electrons. The van der Waals surface area contributed by atoms with Gasteiger partial charge in [-0.3, -0.25) is 4.79 Å². The fourth-order valence-electron chi connectivity index (χ4n) is 1.57. The predicted octanol–water partition coefficient (Wildman–Crippen LogP) is 1.23. The molecule has 0 fully saturated rings. The van der Waals surface area contributed by atoms with Gasteiger partial charge >= 0.3 is 12.1 Å². The average Bonchev–Trinajstić information content (AvgIpc) is 2.48. The van der Waals surface area contributed by atoms with Crippen molar-refractivity contribution in [1.29, 1.82) is 0 Å². The number of carbonyl (C=O) groups is 2. The number of methoxy groups -OCH3 is 2. The fraction of sp³-hybridized carbons (Fsp3) is 0.429. The molecule has 0 aliphatic rings. The molecule has 0 saturated carbocycles. The predicted molar refractivity (Wildman–Crippen MR) is 74.3 cm³/mol. The zero-order valence-corrected chi connectivity index (χ0v) is 12.0. The van der Waals surface area contributed by atoms with Crippen LogP contribution in [0.3, 0.4) is 0 Å². The molecule has 1 aromatic carbocycles. The van der Waals surface area contributed by atoms with E-state index in [1.807, 2.05) is 0 Å². The number of phenols is 1. The largest absolute Gasteiger partial charge is 0.504 e. The van der Waals surface area contributed by atoms with Crippen molar-refractivity contribution in [3.63, 3.8) is 0 Å². The second-order valence-corrected chi connectivity index (χ2v) is 4.15. The average molecular weight is 297 g/mol. The number of aromatic hydroxyl groups is 1. The fourth-order valence-corrected chi connectivity index (χ4v) is 1.57. The summed E-state index contributed by atoms with van der Waals surface area (Å²) in [5.41, 5.74) is 0.902. The van der Waals surface area contributed by atoms with Crippen LogP contribution in [0.4, 0.5) is 4.79 Å². The first-order valence-electron chi connectivity index (χ1n) is 6.40. The minimum absolute atomic E-state index is 0.0223. The van der Waals surface area contributed by atoms with E-state index in [9.17, 15) is 14.7 Å². The van der Waals surface area contributed by atoms with E-state index in [0.717, 1.165) is 5.56 Å². The van der Waals surface area contributed by atoms with Gasteiger partial charge in [0.25, 0.3) is 0 Å². The third kappa shape index (κ3) is 6.03. The monoisotopic (exact) mass is 297 g/mol. The van der Waals surface area contributed by atoms with Crippen molar-refractivity contribution in [2.75, 3.05) is 27.4 Å². The van der Waals surface area contributed by atoms with Gasteiger partial charge in [0.15, 0.2) is 11.5 Å². The molecule has 21 heavy (non-hydrogen) atoms. The van der Waals surface area contributed by atoms with Gasteiger partial charge in [-0.2, -0.15) is 0 Å². The van der Waals surface area contributed by atoms with Crippen molar-refractivity contribution >= 4 is 12.1 Å². The van der Waals surface area contributed by atoms with Crippen LogP contribution in [-0.4, -0.2) is 44.5 Å². The highest BCUT2D eigenvalue weighted by Gasteiger charge is 2.06. The van der Waals surface area contributed by atoms with E-state index in [4.69, 9.17) is 9.47 Å². The molecule has 0 aliphatic heterocycles. The quantitative estimate of drug-likeness (QED) is 0.735. The lowest BCUT2D eigenvalue weighted by Gasteiger charge is -2.08. The van der Waals surface area contributed by atoms with Gasteiger partial charge < -0.3 is 24.6 Å². The lowest BCUT2D eigenvalue weighted by Crippen LogP contribution is -2.27. The van der Waals surface area contributed by atoms with Crippen molar-refractivity contribution in [2.24, 2.45) is 0 Å². The van der Waals surface area contributed by atoms with Crippen LogP contribution in [0.5, 0.6) is 11.5 Å². The van der Waals surface area contributed by atoms with E-state index >= 15 is 0 Å². The molecule has 1 rings (SSSR count). The molecule has 1 amide bonds. The van der Waals surface area contributed by atoms with Crippen molar-refractivity contribution < 1.29 is 28.9 Å². The molecule has 0 unspecified atom stereocenters. The molecule has 0 aliphatic carbocycles. The second kappa shape index (κ2) is 8.68. The van der Waals surface area contributed by atoms with E-state index in [0.29, 0.717) is 18.7 Å². The Morgan fingerprint density at radius 3 is 2.71 bits per heavy atom. The highest BCUT2D eigenvalue weighted by Crippen LogP contribution is 2.26. The third-order valence-electron chi connectivity index (χ3n) is 2.69. The minimum atomic E-state index is -0.593. The first-order valence-corrected chi connectivity index (χ1v) is 6.40. The summed E-state index contributed by atoms with van der Waals surface area (Å²) in [5, 5.41) is 12.0. The Labute approximate surface area is 122 Å². The number of alkyl carbamates (subject to hydrolysis) is 1. The maximum absolute atomic E-state index is 11.3. The van der Waals surface area contributed by atoms with Crippen LogP contribution in [0.1, 0.15) is 12.0 Å². The molecule has 0 saturated heterocycles. The van der Waals surface area contributed by atoms with Crippen molar-refractivity contribution in [1.82, 2.24) is 5.32 Å². The van der Waals surface area contributed by atoms with Gasteiger partial charge in [-0.05, 0) is 24.1 Å². The van der Waals surface area contributed by atoms with Crippen LogP contribution >= 0.6 is 0 Å². The Morgan fingerprint density at radius 1 is 1.29 bits per heavy atom. The molecule has 0 spiro atoms. The van der Waals surface area contributed by atoms with Gasteiger partial charge in [0.05, 0.1) is 20.6 Å².